The van der Waals surface area contributed by atoms with Crippen LogP contribution < -0.4 is 5.32 Å². The Hall–Kier alpha value is -1.62. The molecule has 110 valence electrons. The third-order valence-corrected chi connectivity index (χ3v) is 3.65. The van der Waals surface area contributed by atoms with Crippen molar-refractivity contribution in [3.05, 3.63) is 23.4 Å². The molecule has 5 heteroatoms. The number of methoxy groups -OCH3 is 1. The van der Waals surface area contributed by atoms with Crippen LogP contribution in [0.2, 0.25) is 0 Å². The number of carbonyl (C=O) groups is 1. The second kappa shape index (κ2) is 6.70. The van der Waals surface area contributed by atoms with Crippen LogP contribution in [0.1, 0.15) is 35.8 Å². The van der Waals surface area contributed by atoms with Crippen LogP contribution in [0.25, 0.3) is 0 Å². The molecule has 0 bridgehead atoms. The number of hydrogen-bond donors (Lipinski definition) is 1. The number of aryl methyl sites for hydroxylation is 1. The summed E-state index contributed by atoms with van der Waals surface area (Å²) in [4.78, 5) is 18.9. The second-order valence-corrected chi connectivity index (χ2v) is 5.13. The molecule has 1 N–H and O–H groups in total. The molecule has 0 saturated carbocycles. The molecule has 1 unspecified atom stereocenters. The molecule has 2 rings (SSSR count). The molecule has 1 aromatic heterocycles. The van der Waals surface area contributed by atoms with E-state index in [-0.39, 0.29) is 12.0 Å². The normalized spacial score (nSPS) is 18.4. The van der Waals surface area contributed by atoms with Crippen LogP contribution in [0, 0.1) is 0 Å². The lowest BCUT2D eigenvalue weighted by Crippen LogP contribution is -2.30. The standard InChI is InChI=1S/C15H23N3O2/c1-4-5-12-8-11(9-14(16-2)17-12)15(19)18-7-6-13(10-18)20-3/h8-9,13H,4-7,10H2,1-3H3,(H,16,17). The minimum Gasteiger partial charge on any atom is -0.380 e. The molecule has 0 spiro atoms. The third kappa shape index (κ3) is 3.28. The molecule has 2 heterocycles. The van der Waals surface area contributed by atoms with Gasteiger partial charge in [0.1, 0.15) is 5.82 Å². The van der Waals surface area contributed by atoms with Crippen molar-refractivity contribution in [3.63, 3.8) is 0 Å². The van der Waals surface area contributed by atoms with E-state index in [1.165, 1.54) is 0 Å². The predicted octanol–water partition coefficient (Wildman–Crippen LogP) is 1.94. The van der Waals surface area contributed by atoms with Crippen molar-refractivity contribution in [1.29, 1.82) is 0 Å². The lowest BCUT2D eigenvalue weighted by atomic mass is 10.1. The third-order valence-electron chi connectivity index (χ3n) is 3.65. The van der Waals surface area contributed by atoms with Crippen LogP contribution >= 0.6 is 0 Å². The number of nitrogens with one attached hydrogen (secondary N) is 1. The highest BCUT2D eigenvalue weighted by atomic mass is 16.5. The van der Waals surface area contributed by atoms with Gasteiger partial charge in [-0.05, 0) is 25.0 Å². The SMILES string of the molecule is CCCc1cc(C(=O)N2CCC(OC)C2)cc(NC)n1. The number of carbonyl (C=O) groups excluding carboxylic acids is 1. The van der Waals surface area contributed by atoms with Gasteiger partial charge in [0, 0.05) is 38.5 Å². The maximum Gasteiger partial charge on any atom is 0.254 e. The Balaban J connectivity index is 2.18. The average molecular weight is 277 g/mol. The van der Waals surface area contributed by atoms with Gasteiger partial charge in [0.05, 0.1) is 6.10 Å². The van der Waals surface area contributed by atoms with Crippen molar-refractivity contribution in [2.75, 3.05) is 32.6 Å². The first-order chi connectivity index (χ1) is 9.67. The molecule has 1 aliphatic rings. The Morgan fingerprint density at radius 2 is 2.35 bits per heavy atom. The van der Waals surface area contributed by atoms with Crippen molar-refractivity contribution >= 4 is 11.7 Å². The Bertz CT molecular complexity index is 476. The monoisotopic (exact) mass is 277 g/mol. The molecule has 1 saturated heterocycles. The molecule has 5 nitrogen and oxygen atoms in total. The lowest BCUT2D eigenvalue weighted by Gasteiger charge is -2.17. The van der Waals surface area contributed by atoms with Gasteiger partial charge in [-0.3, -0.25) is 4.79 Å². The van der Waals surface area contributed by atoms with Crippen LogP contribution in [0.3, 0.4) is 0 Å². The Morgan fingerprint density at radius 1 is 1.55 bits per heavy atom. The van der Waals surface area contributed by atoms with Crippen molar-refractivity contribution in [3.8, 4) is 0 Å². The van der Waals surface area contributed by atoms with Gasteiger partial charge in [0.15, 0.2) is 0 Å². The summed E-state index contributed by atoms with van der Waals surface area (Å²) in [5.41, 5.74) is 1.68. The van der Waals surface area contributed by atoms with E-state index < -0.39 is 0 Å². The molecule has 20 heavy (non-hydrogen) atoms. The summed E-state index contributed by atoms with van der Waals surface area (Å²) in [6.07, 6.45) is 2.98. The van der Waals surface area contributed by atoms with Crippen LogP contribution in [0.15, 0.2) is 12.1 Å². The van der Waals surface area contributed by atoms with E-state index in [4.69, 9.17) is 4.74 Å². The summed E-state index contributed by atoms with van der Waals surface area (Å²) in [6.45, 7) is 3.55. The highest BCUT2D eigenvalue weighted by Crippen LogP contribution is 2.18. The zero-order valence-corrected chi connectivity index (χ0v) is 12.5. The maximum absolute atomic E-state index is 12.5. The smallest absolute Gasteiger partial charge is 0.254 e. The number of likely N-dealkylation sites (tertiary alicyclic amines) is 1. The summed E-state index contributed by atoms with van der Waals surface area (Å²) in [6, 6.07) is 3.73. The summed E-state index contributed by atoms with van der Waals surface area (Å²) in [5.74, 6) is 0.822. The van der Waals surface area contributed by atoms with Gasteiger partial charge in [0.2, 0.25) is 0 Å². The zero-order valence-electron chi connectivity index (χ0n) is 12.5. The Morgan fingerprint density at radius 3 is 2.95 bits per heavy atom. The van der Waals surface area contributed by atoms with Crippen LogP contribution in [0.4, 0.5) is 5.82 Å². The van der Waals surface area contributed by atoms with Gasteiger partial charge in [-0.2, -0.15) is 0 Å². The van der Waals surface area contributed by atoms with E-state index in [0.717, 1.165) is 37.3 Å². The minimum atomic E-state index is 0.0702. The van der Waals surface area contributed by atoms with Gasteiger partial charge in [-0.15, -0.1) is 0 Å². The zero-order chi connectivity index (χ0) is 14.5. The van der Waals surface area contributed by atoms with Crippen LogP contribution in [-0.4, -0.2) is 49.1 Å². The molecule has 0 radical (unpaired) electrons. The number of hydrogen-bond acceptors (Lipinski definition) is 4. The van der Waals surface area contributed by atoms with E-state index in [9.17, 15) is 4.79 Å². The number of amides is 1. The Labute approximate surface area is 120 Å². The van der Waals surface area contributed by atoms with E-state index in [1.54, 1.807) is 7.11 Å². The van der Waals surface area contributed by atoms with E-state index >= 15 is 0 Å². The predicted molar refractivity (Wildman–Crippen MR) is 79.1 cm³/mol. The highest BCUT2D eigenvalue weighted by Gasteiger charge is 2.27. The van der Waals surface area contributed by atoms with E-state index in [2.05, 4.69) is 17.2 Å². The molecular weight excluding hydrogens is 254 g/mol. The molecular formula is C15H23N3O2. The molecule has 1 aliphatic heterocycles. The summed E-state index contributed by atoms with van der Waals surface area (Å²) in [5, 5.41) is 3.03. The molecule has 1 amide bonds. The fraction of sp³-hybridized carbons (Fsp3) is 0.600. The first-order valence-electron chi connectivity index (χ1n) is 7.18. The average Bonchev–Trinajstić information content (AvgIpc) is 2.95. The van der Waals surface area contributed by atoms with Gasteiger partial charge in [0.25, 0.3) is 5.91 Å². The topological polar surface area (TPSA) is 54.5 Å². The molecule has 1 fully saturated rings. The molecule has 1 aromatic rings. The van der Waals surface area contributed by atoms with E-state index in [1.807, 2.05) is 24.1 Å². The van der Waals surface area contributed by atoms with Gasteiger partial charge in [-0.1, -0.05) is 13.3 Å². The summed E-state index contributed by atoms with van der Waals surface area (Å²) in [7, 11) is 3.52. The summed E-state index contributed by atoms with van der Waals surface area (Å²) >= 11 is 0. The number of anilines is 1. The van der Waals surface area contributed by atoms with Gasteiger partial charge >= 0.3 is 0 Å². The van der Waals surface area contributed by atoms with Crippen molar-refractivity contribution in [2.24, 2.45) is 0 Å². The molecule has 0 aliphatic carbocycles. The molecule has 1 atom stereocenters. The largest absolute Gasteiger partial charge is 0.380 e. The van der Waals surface area contributed by atoms with Gasteiger partial charge in [-0.25, -0.2) is 4.98 Å². The fourth-order valence-electron chi connectivity index (χ4n) is 2.51. The fourth-order valence-corrected chi connectivity index (χ4v) is 2.51. The number of rotatable bonds is 5. The quantitative estimate of drug-likeness (QED) is 0.893. The second-order valence-electron chi connectivity index (χ2n) is 5.13. The van der Waals surface area contributed by atoms with Gasteiger partial charge < -0.3 is 15.0 Å². The first kappa shape index (κ1) is 14.8. The first-order valence-corrected chi connectivity index (χ1v) is 7.18. The van der Waals surface area contributed by atoms with Crippen molar-refractivity contribution < 1.29 is 9.53 Å². The number of ether oxygens (including phenoxy) is 1. The molecule has 0 aromatic carbocycles. The minimum absolute atomic E-state index is 0.0702. The number of pyridine rings is 1. The van der Waals surface area contributed by atoms with Crippen molar-refractivity contribution in [1.82, 2.24) is 9.88 Å². The van der Waals surface area contributed by atoms with Crippen molar-refractivity contribution in [2.45, 2.75) is 32.3 Å². The van der Waals surface area contributed by atoms with Crippen LogP contribution in [-0.2, 0) is 11.2 Å². The van der Waals surface area contributed by atoms with Crippen LogP contribution in [0.5, 0.6) is 0 Å². The number of aromatic nitrogens is 1. The maximum atomic E-state index is 12.5. The summed E-state index contributed by atoms with van der Waals surface area (Å²) < 4.78 is 5.32. The van der Waals surface area contributed by atoms with E-state index in [0.29, 0.717) is 12.1 Å². The Kier molecular flexibility index (Phi) is 4.95. The lowest BCUT2D eigenvalue weighted by molar-refractivity contribution is 0.0724. The highest BCUT2D eigenvalue weighted by molar-refractivity contribution is 5.95. The number of nitrogens with zero attached hydrogens (tertiary/aromatic N) is 2.